The van der Waals surface area contributed by atoms with Gasteiger partial charge in [0.05, 0.1) is 0 Å². The van der Waals surface area contributed by atoms with Crippen molar-refractivity contribution in [3.63, 3.8) is 0 Å². The second kappa shape index (κ2) is 11.9. The van der Waals surface area contributed by atoms with Gasteiger partial charge in [0.15, 0.2) is 5.96 Å². The Balaban J connectivity index is 0.000000441. The van der Waals surface area contributed by atoms with Crippen LogP contribution < -0.4 is 22.5 Å². The van der Waals surface area contributed by atoms with Gasteiger partial charge in [0, 0.05) is 6.54 Å². The lowest BCUT2D eigenvalue weighted by Crippen LogP contribution is -2.34. The Bertz CT molecular complexity index is 524. The normalized spacial score (nSPS) is 12.2. The lowest BCUT2D eigenvalue weighted by molar-refractivity contribution is -0.139. The molecule has 1 aromatic carbocycles. The van der Waals surface area contributed by atoms with Crippen molar-refractivity contribution in [2.75, 3.05) is 6.54 Å². The zero-order valence-corrected chi connectivity index (χ0v) is 13.3. The fraction of sp³-hybridized carbons (Fsp3) is 0.400. The van der Waals surface area contributed by atoms with Crippen LogP contribution >= 0.6 is 0 Å². The second-order valence-corrected chi connectivity index (χ2v) is 5.06. The molecule has 2 atom stereocenters. The van der Waals surface area contributed by atoms with Crippen molar-refractivity contribution < 1.29 is 19.8 Å². The molecule has 134 valence electrons. The van der Waals surface area contributed by atoms with Gasteiger partial charge in [-0.25, -0.2) is 0 Å². The van der Waals surface area contributed by atoms with Crippen molar-refractivity contribution in [3.05, 3.63) is 35.9 Å². The molecule has 0 bridgehead atoms. The number of nitrogens with two attached hydrogens (primary N) is 3. The van der Waals surface area contributed by atoms with Crippen molar-refractivity contribution in [1.29, 1.82) is 5.41 Å². The molecule has 0 spiro atoms. The first-order chi connectivity index (χ1) is 11.2. The summed E-state index contributed by atoms with van der Waals surface area (Å²) < 4.78 is 0. The van der Waals surface area contributed by atoms with Crippen molar-refractivity contribution >= 4 is 17.9 Å². The Hall–Kier alpha value is -2.65. The molecular weight excluding hydrogens is 314 g/mol. The van der Waals surface area contributed by atoms with E-state index in [0.29, 0.717) is 25.8 Å². The third-order valence-electron chi connectivity index (χ3n) is 2.94. The zero-order valence-electron chi connectivity index (χ0n) is 13.3. The van der Waals surface area contributed by atoms with Gasteiger partial charge in [-0.2, -0.15) is 0 Å². The molecule has 0 amide bonds. The van der Waals surface area contributed by atoms with Gasteiger partial charge < -0.3 is 32.7 Å². The van der Waals surface area contributed by atoms with Gasteiger partial charge in [-0.15, -0.1) is 0 Å². The summed E-state index contributed by atoms with van der Waals surface area (Å²) >= 11 is 0. The van der Waals surface area contributed by atoms with Gasteiger partial charge in [-0.1, -0.05) is 30.3 Å². The fourth-order valence-electron chi connectivity index (χ4n) is 1.62. The number of guanidine groups is 1. The minimum atomic E-state index is -1.00. The topological polar surface area (TPSA) is 189 Å². The Morgan fingerprint density at radius 3 is 2.08 bits per heavy atom. The monoisotopic (exact) mass is 339 g/mol. The third kappa shape index (κ3) is 11.0. The van der Waals surface area contributed by atoms with Gasteiger partial charge in [-0.05, 0) is 24.8 Å². The molecule has 0 heterocycles. The first-order valence-electron chi connectivity index (χ1n) is 7.32. The average molecular weight is 339 g/mol. The number of aliphatic carboxylic acids is 2. The van der Waals surface area contributed by atoms with E-state index in [2.05, 4.69) is 5.32 Å². The molecule has 0 aliphatic heterocycles. The summed E-state index contributed by atoms with van der Waals surface area (Å²) in [6, 6.07) is 7.72. The van der Waals surface area contributed by atoms with Gasteiger partial charge in [0.25, 0.3) is 0 Å². The molecule has 1 unspecified atom stereocenters. The number of hydrogen-bond donors (Lipinski definition) is 7. The Morgan fingerprint density at radius 1 is 1.08 bits per heavy atom. The molecule has 1 aromatic rings. The van der Waals surface area contributed by atoms with Crippen LogP contribution in [0.5, 0.6) is 0 Å². The van der Waals surface area contributed by atoms with E-state index < -0.39 is 24.0 Å². The van der Waals surface area contributed by atoms with Gasteiger partial charge in [0.2, 0.25) is 0 Å². The van der Waals surface area contributed by atoms with Crippen LogP contribution in [0.4, 0.5) is 0 Å². The second-order valence-electron chi connectivity index (χ2n) is 5.06. The fourth-order valence-corrected chi connectivity index (χ4v) is 1.62. The molecule has 0 radical (unpaired) electrons. The van der Waals surface area contributed by atoms with Crippen molar-refractivity contribution in [1.82, 2.24) is 5.32 Å². The third-order valence-corrected chi connectivity index (χ3v) is 2.94. The number of carboxylic acids is 2. The van der Waals surface area contributed by atoms with Gasteiger partial charge >= 0.3 is 11.9 Å². The number of nitrogens with one attached hydrogen (secondary N) is 2. The minimum absolute atomic E-state index is 0.112. The molecule has 0 saturated heterocycles. The van der Waals surface area contributed by atoms with Crippen LogP contribution in [0.15, 0.2) is 30.3 Å². The molecule has 0 aliphatic carbocycles. The van der Waals surface area contributed by atoms with E-state index >= 15 is 0 Å². The molecule has 1 rings (SSSR count). The van der Waals surface area contributed by atoms with Crippen LogP contribution in [0.3, 0.4) is 0 Å². The summed E-state index contributed by atoms with van der Waals surface area (Å²) in [4.78, 5) is 20.6. The highest BCUT2D eigenvalue weighted by atomic mass is 16.4. The van der Waals surface area contributed by atoms with Crippen LogP contribution in [0.25, 0.3) is 0 Å². The SMILES string of the molecule is N=C(N)NCCCC(N)C(=O)O.N[C@@H](Cc1ccccc1)C(=O)O. The summed E-state index contributed by atoms with van der Waals surface area (Å²) in [6.07, 6.45) is 1.36. The molecule has 10 N–H and O–H groups in total. The van der Waals surface area contributed by atoms with Crippen molar-refractivity contribution in [2.24, 2.45) is 17.2 Å². The molecule has 9 heteroatoms. The van der Waals surface area contributed by atoms with Crippen LogP contribution in [0.1, 0.15) is 18.4 Å². The highest BCUT2D eigenvalue weighted by molar-refractivity contribution is 5.74. The van der Waals surface area contributed by atoms with E-state index in [-0.39, 0.29) is 5.96 Å². The molecule has 0 aliphatic rings. The smallest absolute Gasteiger partial charge is 0.320 e. The number of carboxylic acid groups (broad SMARTS) is 2. The van der Waals surface area contributed by atoms with Crippen molar-refractivity contribution in [2.45, 2.75) is 31.3 Å². The van der Waals surface area contributed by atoms with Crippen LogP contribution in [-0.4, -0.2) is 46.7 Å². The van der Waals surface area contributed by atoms with E-state index in [0.717, 1.165) is 5.56 Å². The maximum Gasteiger partial charge on any atom is 0.320 e. The number of rotatable bonds is 8. The first kappa shape index (κ1) is 21.4. The molecule has 9 nitrogen and oxygen atoms in total. The first-order valence-corrected chi connectivity index (χ1v) is 7.32. The lowest BCUT2D eigenvalue weighted by atomic mass is 10.1. The van der Waals surface area contributed by atoms with Gasteiger partial charge in [-0.3, -0.25) is 15.0 Å². The van der Waals surface area contributed by atoms with E-state index in [1.807, 2.05) is 30.3 Å². The quantitative estimate of drug-likeness (QED) is 0.184. The van der Waals surface area contributed by atoms with E-state index in [1.165, 1.54) is 0 Å². The molecular formula is C15H25N5O4. The van der Waals surface area contributed by atoms with Crippen LogP contribution in [-0.2, 0) is 16.0 Å². The summed E-state index contributed by atoms with van der Waals surface area (Å²) in [7, 11) is 0. The summed E-state index contributed by atoms with van der Waals surface area (Å²) in [5.41, 5.74) is 16.5. The van der Waals surface area contributed by atoms with Crippen molar-refractivity contribution in [3.8, 4) is 0 Å². The Morgan fingerprint density at radius 2 is 1.62 bits per heavy atom. The molecule has 0 aromatic heterocycles. The number of benzene rings is 1. The largest absolute Gasteiger partial charge is 0.480 e. The Kier molecular flexibility index (Phi) is 10.5. The maximum atomic E-state index is 10.4. The molecule has 0 saturated carbocycles. The number of hydrogen-bond acceptors (Lipinski definition) is 5. The van der Waals surface area contributed by atoms with Gasteiger partial charge in [0.1, 0.15) is 12.1 Å². The highest BCUT2D eigenvalue weighted by Gasteiger charge is 2.11. The Labute approximate surface area is 140 Å². The minimum Gasteiger partial charge on any atom is -0.480 e. The molecule has 24 heavy (non-hydrogen) atoms. The lowest BCUT2D eigenvalue weighted by Gasteiger charge is -2.06. The van der Waals surface area contributed by atoms with E-state index in [1.54, 1.807) is 0 Å². The predicted octanol–water partition coefficient (Wildman–Crippen LogP) is -0.697. The standard InChI is InChI=1S/C9H11NO2.C6H14N4O2/c10-8(9(11)12)6-7-4-2-1-3-5-7;7-4(5(11)12)2-1-3-10-6(8)9/h1-5,8H,6,10H2,(H,11,12);4H,1-3,7H2,(H,11,12)(H4,8,9,10)/t8-;/m0./s1. The summed E-state index contributed by atoms with van der Waals surface area (Å²) in [5, 5.41) is 26.2. The molecule has 0 fully saturated rings. The maximum absolute atomic E-state index is 10.4. The average Bonchev–Trinajstić information content (AvgIpc) is 2.52. The van der Waals surface area contributed by atoms with E-state index in [4.69, 9.17) is 32.8 Å². The number of carbonyl (C=O) groups is 2. The summed E-state index contributed by atoms with van der Waals surface area (Å²) in [5.74, 6) is -2.07. The van der Waals surface area contributed by atoms with E-state index in [9.17, 15) is 9.59 Å². The highest BCUT2D eigenvalue weighted by Crippen LogP contribution is 2.01. The zero-order chi connectivity index (χ0) is 18.5. The van der Waals surface area contributed by atoms with Crippen LogP contribution in [0, 0.1) is 5.41 Å². The summed E-state index contributed by atoms with van der Waals surface area (Å²) in [6.45, 7) is 0.482. The predicted molar refractivity (Wildman–Crippen MR) is 90.5 cm³/mol. The van der Waals surface area contributed by atoms with Crippen LogP contribution in [0.2, 0.25) is 0 Å².